The fraction of sp³-hybridized carbons (Fsp3) is 0.583. The van der Waals surface area contributed by atoms with Gasteiger partial charge in [-0.25, -0.2) is 4.79 Å². The number of nitrogens with zero attached hydrogens (tertiary/aromatic N) is 5. The number of likely N-dealkylation sites (N-methyl/N-ethyl adjacent to an activating group) is 1. The first-order valence-electron chi connectivity index (χ1n) is 17.2. The summed E-state index contributed by atoms with van der Waals surface area (Å²) in [5, 5.41) is 3.02. The third-order valence-corrected chi connectivity index (χ3v) is 10.4. The predicted octanol–water partition coefficient (Wildman–Crippen LogP) is 3.91. The molecule has 3 saturated heterocycles. The van der Waals surface area contributed by atoms with Crippen molar-refractivity contribution < 1.29 is 19.1 Å². The third kappa shape index (κ3) is 7.66. The molecule has 4 amide bonds. The highest BCUT2D eigenvalue weighted by Crippen LogP contribution is 2.29. The van der Waals surface area contributed by atoms with Crippen molar-refractivity contribution in [2.45, 2.75) is 64.1 Å². The zero-order chi connectivity index (χ0) is 32.0. The van der Waals surface area contributed by atoms with Gasteiger partial charge in [0.2, 0.25) is 11.8 Å². The fourth-order valence-electron chi connectivity index (χ4n) is 7.64. The number of ether oxygens (including phenoxy) is 1. The maximum absolute atomic E-state index is 14.1. The summed E-state index contributed by atoms with van der Waals surface area (Å²) in [6.07, 6.45) is 4.13. The number of benzene rings is 2. The van der Waals surface area contributed by atoms with E-state index in [9.17, 15) is 14.4 Å². The minimum atomic E-state index is -0.424. The van der Waals surface area contributed by atoms with E-state index in [1.807, 2.05) is 64.1 Å². The Morgan fingerprint density at radius 3 is 2.30 bits per heavy atom. The first-order chi connectivity index (χ1) is 22.4. The van der Waals surface area contributed by atoms with E-state index < -0.39 is 5.92 Å². The highest BCUT2D eigenvalue weighted by atomic mass is 16.5. The number of piperidine rings is 2. The van der Waals surface area contributed by atoms with Crippen LogP contribution in [-0.2, 0) is 22.6 Å². The van der Waals surface area contributed by atoms with E-state index in [1.54, 1.807) is 0 Å². The molecule has 0 radical (unpaired) electrons. The van der Waals surface area contributed by atoms with Gasteiger partial charge in [-0.05, 0) is 75.4 Å². The number of para-hydroxylation sites is 1. The van der Waals surface area contributed by atoms with Crippen molar-refractivity contribution in [2.75, 3.05) is 71.3 Å². The van der Waals surface area contributed by atoms with Gasteiger partial charge in [0.05, 0.1) is 12.5 Å². The highest BCUT2D eigenvalue weighted by molar-refractivity contribution is 5.92. The molecule has 4 heterocycles. The van der Waals surface area contributed by atoms with E-state index in [-0.39, 0.29) is 30.3 Å². The zero-order valence-corrected chi connectivity index (χ0v) is 27.5. The minimum Gasteiger partial charge on any atom is -0.494 e. The Bertz CT molecular complexity index is 1360. The van der Waals surface area contributed by atoms with Gasteiger partial charge in [-0.2, -0.15) is 0 Å². The summed E-state index contributed by atoms with van der Waals surface area (Å²) in [7, 11) is 2.18. The number of likely N-dealkylation sites (tertiary alicyclic amines) is 2. The molecule has 10 nitrogen and oxygen atoms in total. The number of hydrogen-bond acceptors (Lipinski definition) is 6. The fourth-order valence-corrected chi connectivity index (χ4v) is 7.64. The number of amides is 4. The van der Waals surface area contributed by atoms with Crippen LogP contribution >= 0.6 is 0 Å². The summed E-state index contributed by atoms with van der Waals surface area (Å²) in [4.78, 5) is 51.6. The summed E-state index contributed by atoms with van der Waals surface area (Å²) in [6, 6.07) is 16.4. The Morgan fingerprint density at radius 1 is 0.870 bits per heavy atom. The zero-order valence-electron chi connectivity index (χ0n) is 27.5. The first-order valence-corrected chi connectivity index (χ1v) is 17.2. The molecule has 2 aromatic carbocycles. The lowest BCUT2D eigenvalue weighted by Crippen LogP contribution is -2.54. The molecule has 3 fully saturated rings. The second kappa shape index (κ2) is 14.9. The Balaban J connectivity index is 1.08. The smallest absolute Gasteiger partial charge is 0.322 e. The van der Waals surface area contributed by atoms with Gasteiger partial charge in [0.1, 0.15) is 5.75 Å². The van der Waals surface area contributed by atoms with E-state index in [0.29, 0.717) is 38.7 Å². The SMILES string of the molecule is CCOc1cccc(C[C@H](CC(=O)N2CCC(N3Cc4ccccc4NC3=O)CC2)C(=O)N2CCC(N3CCN(C)CC3)CC2)c1. The van der Waals surface area contributed by atoms with Crippen molar-refractivity contribution in [1.29, 1.82) is 0 Å². The molecule has 6 rings (SSSR count). The van der Waals surface area contributed by atoms with Crippen LogP contribution in [0, 0.1) is 5.92 Å². The van der Waals surface area contributed by atoms with Crippen LogP contribution in [0.1, 0.15) is 50.2 Å². The topological polar surface area (TPSA) is 88.7 Å². The lowest BCUT2D eigenvalue weighted by Gasteiger charge is -2.43. The molecule has 1 atom stereocenters. The van der Waals surface area contributed by atoms with Gasteiger partial charge in [0, 0.05) is 83.1 Å². The predicted molar refractivity (Wildman–Crippen MR) is 179 cm³/mol. The lowest BCUT2D eigenvalue weighted by molar-refractivity contribution is -0.143. The van der Waals surface area contributed by atoms with Crippen LogP contribution in [0.3, 0.4) is 0 Å². The van der Waals surface area contributed by atoms with Gasteiger partial charge >= 0.3 is 6.03 Å². The van der Waals surface area contributed by atoms with Crippen LogP contribution in [0.5, 0.6) is 5.75 Å². The number of piperazine rings is 1. The van der Waals surface area contributed by atoms with Crippen LogP contribution in [-0.4, -0.2) is 120 Å². The molecule has 46 heavy (non-hydrogen) atoms. The Morgan fingerprint density at radius 2 is 1.57 bits per heavy atom. The molecule has 0 bridgehead atoms. The van der Waals surface area contributed by atoms with E-state index in [0.717, 1.165) is 87.5 Å². The minimum absolute atomic E-state index is 0.0264. The van der Waals surface area contributed by atoms with Gasteiger partial charge in [-0.15, -0.1) is 0 Å². The summed E-state index contributed by atoms with van der Waals surface area (Å²) < 4.78 is 5.73. The Kier molecular flexibility index (Phi) is 10.4. The average molecular weight is 631 g/mol. The molecular formula is C36H50N6O4. The third-order valence-electron chi connectivity index (χ3n) is 10.4. The van der Waals surface area contributed by atoms with Gasteiger partial charge in [0.25, 0.3) is 0 Å². The maximum Gasteiger partial charge on any atom is 0.322 e. The van der Waals surface area contributed by atoms with Crippen LogP contribution in [0.25, 0.3) is 0 Å². The molecule has 10 heteroatoms. The van der Waals surface area contributed by atoms with Crippen molar-refractivity contribution in [1.82, 2.24) is 24.5 Å². The molecule has 248 valence electrons. The quantitative estimate of drug-likeness (QED) is 0.452. The first kappa shape index (κ1) is 32.3. The summed E-state index contributed by atoms with van der Waals surface area (Å²) in [5.41, 5.74) is 3.00. The largest absolute Gasteiger partial charge is 0.494 e. The van der Waals surface area contributed by atoms with Crippen molar-refractivity contribution in [3.63, 3.8) is 0 Å². The summed E-state index contributed by atoms with van der Waals surface area (Å²) in [6.45, 7) is 10.2. The molecule has 0 saturated carbocycles. The molecule has 0 spiro atoms. The normalized spacial score (nSPS) is 21.1. The maximum atomic E-state index is 14.1. The monoisotopic (exact) mass is 630 g/mol. The molecule has 2 aromatic rings. The Hall–Kier alpha value is -3.63. The van der Waals surface area contributed by atoms with E-state index >= 15 is 0 Å². The van der Waals surface area contributed by atoms with Crippen LogP contribution in [0.4, 0.5) is 10.5 Å². The average Bonchev–Trinajstić information content (AvgIpc) is 3.08. The van der Waals surface area contributed by atoms with Crippen LogP contribution < -0.4 is 10.1 Å². The molecular weight excluding hydrogens is 580 g/mol. The van der Waals surface area contributed by atoms with Gasteiger partial charge in [0.15, 0.2) is 0 Å². The number of carbonyl (C=O) groups is 3. The van der Waals surface area contributed by atoms with Crippen molar-refractivity contribution in [3.8, 4) is 5.75 Å². The van der Waals surface area contributed by atoms with E-state index in [2.05, 4.69) is 28.2 Å². The van der Waals surface area contributed by atoms with Crippen molar-refractivity contribution >= 4 is 23.5 Å². The second-order valence-corrected chi connectivity index (χ2v) is 13.4. The van der Waals surface area contributed by atoms with E-state index in [1.165, 1.54) is 0 Å². The molecule has 1 N–H and O–H groups in total. The molecule has 4 aliphatic heterocycles. The summed E-state index contributed by atoms with van der Waals surface area (Å²) in [5.74, 6) is 0.479. The number of anilines is 1. The summed E-state index contributed by atoms with van der Waals surface area (Å²) >= 11 is 0. The lowest BCUT2D eigenvalue weighted by atomic mass is 9.91. The number of fused-ring (bicyclic) bond motifs is 1. The number of hydrogen-bond donors (Lipinski definition) is 1. The molecule has 4 aliphatic rings. The molecule has 0 aromatic heterocycles. The molecule has 0 unspecified atom stereocenters. The van der Waals surface area contributed by atoms with Crippen LogP contribution in [0.2, 0.25) is 0 Å². The highest BCUT2D eigenvalue weighted by Gasteiger charge is 2.36. The van der Waals surface area contributed by atoms with Crippen molar-refractivity contribution in [3.05, 3.63) is 59.7 Å². The number of nitrogens with one attached hydrogen (secondary N) is 1. The van der Waals surface area contributed by atoms with Crippen LogP contribution in [0.15, 0.2) is 48.5 Å². The second-order valence-electron chi connectivity index (χ2n) is 13.4. The number of carbonyl (C=O) groups excluding carboxylic acids is 3. The van der Waals surface area contributed by atoms with Crippen molar-refractivity contribution in [2.24, 2.45) is 5.92 Å². The van der Waals surface area contributed by atoms with Gasteiger partial charge < -0.3 is 29.7 Å². The van der Waals surface area contributed by atoms with Gasteiger partial charge in [-0.3, -0.25) is 14.5 Å². The number of urea groups is 1. The number of rotatable bonds is 9. The van der Waals surface area contributed by atoms with Gasteiger partial charge in [-0.1, -0.05) is 30.3 Å². The standard InChI is InChI=1S/C36H50N6O4/c1-3-46-32-9-6-7-27(24-32)23-29(35(44)41-17-11-30(12-18-41)39-21-19-38(2)20-22-39)25-34(43)40-15-13-31(14-16-40)42-26-28-8-4-5-10-33(28)37-36(42)45/h4-10,24,29-31H,3,11-23,25-26H2,1-2H3,(H,37,45)/t29-/m1/s1. The van der Waals surface area contributed by atoms with E-state index in [4.69, 9.17) is 4.74 Å². The molecule has 0 aliphatic carbocycles. The Labute approximate surface area is 273 Å².